The third-order valence-corrected chi connectivity index (χ3v) is 2.54. The second-order valence-corrected chi connectivity index (χ2v) is 3.85. The molecule has 0 aliphatic rings. The zero-order valence-electron chi connectivity index (χ0n) is 10.3. The van der Waals surface area contributed by atoms with Crippen molar-refractivity contribution in [3.05, 3.63) is 33.9 Å². The average Bonchev–Trinajstić information content (AvgIpc) is 2.37. The lowest BCUT2D eigenvalue weighted by atomic mass is 10.1. The van der Waals surface area contributed by atoms with E-state index in [2.05, 4.69) is 0 Å². The van der Waals surface area contributed by atoms with E-state index in [1.54, 1.807) is 0 Å². The molecule has 0 aromatic heterocycles. The smallest absolute Gasteiger partial charge is 0.292 e. The third-order valence-electron chi connectivity index (χ3n) is 2.54. The van der Waals surface area contributed by atoms with Crippen LogP contribution in [0.4, 0.5) is 11.4 Å². The van der Waals surface area contributed by atoms with E-state index in [-0.39, 0.29) is 24.5 Å². The van der Waals surface area contributed by atoms with Gasteiger partial charge in [0.15, 0.2) is 0 Å². The van der Waals surface area contributed by atoms with Crippen LogP contribution in [0.5, 0.6) is 0 Å². The van der Waals surface area contributed by atoms with Crippen LogP contribution in [0, 0.1) is 32.8 Å². The first-order valence-electron chi connectivity index (χ1n) is 5.46. The van der Waals surface area contributed by atoms with Crippen molar-refractivity contribution in [3.8, 4) is 12.1 Å². The normalized spacial score (nSPS) is 11.2. The van der Waals surface area contributed by atoms with Crippen molar-refractivity contribution in [2.24, 2.45) is 0 Å². The highest BCUT2D eigenvalue weighted by molar-refractivity contribution is 5.65. The number of rotatable bonds is 5. The number of aliphatic hydroxyl groups excluding tert-OH is 1. The van der Waals surface area contributed by atoms with Gasteiger partial charge in [-0.25, -0.2) is 0 Å². The number of nitriles is 2. The molecule has 19 heavy (non-hydrogen) atoms. The van der Waals surface area contributed by atoms with Crippen molar-refractivity contribution in [2.45, 2.75) is 13.0 Å². The van der Waals surface area contributed by atoms with Gasteiger partial charge in [0.05, 0.1) is 23.2 Å². The fourth-order valence-corrected chi connectivity index (χ4v) is 1.61. The first kappa shape index (κ1) is 14.4. The Labute approximate surface area is 110 Å². The predicted molar refractivity (Wildman–Crippen MR) is 67.2 cm³/mol. The molecule has 98 valence electrons. The van der Waals surface area contributed by atoms with Crippen LogP contribution in [0.15, 0.2) is 18.2 Å². The SMILES string of the molecule is CC(O)c1ccc(N(CC#N)CC#N)c([N+](=O)[O-])c1. The summed E-state index contributed by atoms with van der Waals surface area (Å²) in [4.78, 5) is 11.8. The number of benzene rings is 1. The molecule has 1 aromatic rings. The monoisotopic (exact) mass is 260 g/mol. The van der Waals surface area contributed by atoms with Gasteiger partial charge in [0.1, 0.15) is 18.8 Å². The van der Waals surface area contributed by atoms with E-state index in [0.717, 1.165) is 0 Å². The van der Waals surface area contributed by atoms with Crippen LogP contribution < -0.4 is 4.90 Å². The molecule has 1 rings (SSSR count). The van der Waals surface area contributed by atoms with Gasteiger partial charge in [0.2, 0.25) is 0 Å². The van der Waals surface area contributed by atoms with Crippen molar-refractivity contribution in [2.75, 3.05) is 18.0 Å². The summed E-state index contributed by atoms with van der Waals surface area (Å²) in [5.74, 6) is 0. The summed E-state index contributed by atoms with van der Waals surface area (Å²) in [7, 11) is 0. The first-order valence-corrected chi connectivity index (χ1v) is 5.46. The van der Waals surface area contributed by atoms with E-state index in [4.69, 9.17) is 10.5 Å². The van der Waals surface area contributed by atoms with Gasteiger partial charge in [-0.1, -0.05) is 6.07 Å². The number of nitro benzene ring substituents is 1. The first-order chi connectivity index (χ1) is 9.01. The second kappa shape index (κ2) is 6.34. The lowest BCUT2D eigenvalue weighted by Gasteiger charge is -2.18. The van der Waals surface area contributed by atoms with Crippen LogP contribution in [0.25, 0.3) is 0 Å². The van der Waals surface area contributed by atoms with Crippen molar-refractivity contribution >= 4 is 11.4 Å². The molecule has 0 amide bonds. The summed E-state index contributed by atoms with van der Waals surface area (Å²) >= 11 is 0. The Bertz CT molecular complexity index is 541. The molecule has 0 heterocycles. The lowest BCUT2D eigenvalue weighted by molar-refractivity contribution is -0.384. The molecule has 1 atom stereocenters. The molecule has 0 saturated heterocycles. The summed E-state index contributed by atoms with van der Waals surface area (Å²) in [6.45, 7) is 1.26. The zero-order chi connectivity index (χ0) is 14.4. The molecule has 1 N–H and O–H groups in total. The lowest BCUT2D eigenvalue weighted by Crippen LogP contribution is -2.24. The number of hydrogen-bond donors (Lipinski definition) is 1. The molecule has 1 aromatic carbocycles. The quantitative estimate of drug-likeness (QED) is 0.487. The molecule has 0 aliphatic carbocycles. The maximum absolute atomic E-state index is 11.0. The molecule has 0 bridgehead atoms. The van der Waals surface area contributed by atoms with Crippen molar-refractivity contribution in [1.29, 1.82) is 10.5 Å². The minimum Gasteiger partial charge on any atom is -0.389 e. The molecule has 7 heteroatoms. The van der Waals surface area contributed by atoms with E-state index < -0.39 is 11.0 Å². The molecular weight excluding hydrogens is 248 g/mol. The summed E-state index contributed by atoms with van der Waals surface area (Å²) in [5.41, 5.74) is 0.366. The second-order valence-electron chi connectivity index (χ2n) is 3.85. The van der Waals surface area contributed by atoms with Gasteiger partial charge < -0.3 is 10.0 Å². The van der Waals surface area contributed by atoms with Crippen molar-refractivity contribution in [3.63, 3.8) is 0 Å². The largest absolute Gasteiger partial charge is 0.389 e. The van der Waals surface area contributed by atoms with E-state index >= 15 is 0 Å². The Morgan fingerprint density at radius 3 is 2.42 bits per heavy atom. The van der Waals surface area contributed by atoms with Crippen LogP contribution in [0.3, 0.4) is 0 Å². The molecular formula is C12H12N4O3. The zero-order valence-corrected chi connectivity index (χ0v) is 10.3. The molecule has 0 saturated carbocycles. The minimum absolute atomic E-state index is 0.123. The topological polar surface area (TPSA) is 114 Å². The number of anilines is 1. The van der Waals surface area contributed by atoms with Gasteiger partial charge >= 0.3 is 0 Å². The maximum Gasteiger partial charge on any atom is 0.292 e. The van der Waals surface area contributed by atoms with Gasteiger partial charge in [-0.3, -0.25) is 10.1 Å². The standard InChI is InChI=1S/C12H12N4O3/c1-9(17)10-2-3-11(12(8-10)16(18)19)15(6-4-13)7-5-14/h2-3,8-9,17H,6-7H2,1H3. The average molecular weight is 260 g/mol. The van der Waals surface area contributed by atoms with Crippen LogP contribution in [0.2, 0.25) is 0 Å². The van der Waals surface area contributed by atoms with Crippen molar-refractivity contribution in [1.82, 2.24) is 0 Å². The highest BCUT2D eigenvalue weighted by Crippen LogP contribution is 2.30. The van der Waals surface area contributed by atoms with Gasteiger partial charge in [-0.05, 0) is 18.6 Å². The Kier molecular flexibility index (Phi) is 4.81. The number of aliphatic hydroxyl groups is 1. The number of nitro groups is 1. The van der Waals surface area contributed by atoms with E-state index in [9.17, 15) is 15.2 Å². The Morgan fingerprint density at radius 2 is 2.00 bits per heavy atom. The fraction of sp³-hybridized carbons (Fsp3) is 0.333. The molecule has 1 unspecified atom stereocenters. The van der Waals surface area contributed by atoms with E-state index in [1.165, 1.54) is 30.0 Å². The number of hydrogen-bond acceptors (Lipinski definition) is 6. The van der Waals surface area contributed by atoms with Crippen LogP contribution >= 0.6 is 0 Å². The molecule has 0 aliphatic heterocycles. The van der Waals surface area contributed by atoms with Gasteiger partial charge in [-0.2, -0.15) is 10.5 Å². The fourth-order valence-electron chi connectivity index (χ4n) is 1.61. The summed E-state index contributed by atoms with van der Waals surface area (Å²) in [5, 5.41) is 37.8. The summed E-state index contributed by atoms with van der Waals surface area (Å²) in [6, 6.07) is 7.94. The Hall–Kier alpha value is -2.64. The van der Waals surface area contributed by atoms with Crippen molar-refractivity contribution < 1.29 is 10.0 Å². The third kappa shape index (κ3) is 3.41. The maximum atomic E-state index is 11.0. The van der Waals surface area contributed by atoms with Gasteiger partial charge in [-0.15, -0.1) is 0 Å². The van der Waals surface area contributed by atoms with E-state index in [1.807, 2.05) is 12.1 Å². The molecule has 0 spiro atoms. The van der Waals surface area contributed by atoms with Gasteiger partial charge in [0.25, 0.3) is 5.69 Å². The predicted octanol–water partition coefficient (Wildman–Crippen LogP) is 1.50. The van der Waals surface area contributed by atoms with Crippen LogP contribution in [0.1, 0.15) is 18.6 Å². The number of nitrogens with zero attached hydrogens (tertiary/aromatic N) is 4. The minimum atomic E-state index is -0.826. The molecule has 0 radical (unpaired) electrons. The van der Waals surface area contributed by atoms with Gasteiger partial charge in [0, 0.05) is 6.07 Å². The molecule has 0 fully saturated rings. The highest BCUT2D eigenvalue weighted by Gasteiger charge is 2.20. The van der Waals surface area contributed by atoms with Crippen LogP contribution in [-0.4, -0.2) is 23.1 Å². The highest BCUT2D eigenvalue weighted by atomic mass is 16.6. The van der Waals surface area contributed by atoms with Crippen LogP contribution in [-0.2, 0) is 0 Å². The van der Waals surface area contributed by atoms with E-state index in [0.29, 0.717) is 5.56 Å². The summed E-state index contributed by atoms with van der Waals surface area (Å²) < 4.78 is 0. The molecule has 7 nitrogen and oxygen atoms in total. The Morgan fingerprint density at radius 1 is 1.42 bits per heavy atom. The Balaban J connectivity index is 3.30. The summed E-state index contributed by atoms with van der Waals surface area (Å²) in [6.07, 6.45) is -0.826.